The number of amides is 1. The number of hydrogen-bond acceptors (Lipinski definition) is 7. The summed E-state index contributed by atoms with van der Waals surface area (Å²) in [7, 11) is 1.50. The van der Waals surface area contributed by atoms with Gasteiger partial charge in [-0.05, 0) is 43.0 Å². The molecule has 0 saturated carbocycles. The zero-order valence-corrected chi connectivity index (χ0v) is 23.9. The Hall–Kier alpha value is -4.08. The van der Waals surface area contributed by atoms with Crippen LogP contribution in [0, 0.1) is 5.92 Å². The average molecular weight is 568 g/mol. The SMILES string of the molecule is COc1ccc2ncn(CC3(O)CCN(C(=O)[C@@H]4CCN(Cc5ccccc5)C[C@H]4c4ccccc4)CC3)c(=O)c2n1. The predicted molar refractivity (Wildman–Crippen MR) is 160 cm³/mol. The molecule has 4 heterocycles. The third kappa shape index (κ3) is 5.93. The fraction of sp³-hybridized carbons (Fsp3) is 0.394. The minimum Gasteiger partial charge on any atom is -0.481 e. The van der Waals surface area contributed by atoms with Crippen LogP contribution in [-0.2, 0) is 17.9 Å². The van der Waals surface area contributed by atoms with Crippen LogP contribution < -0.4 is 10.3 Å². The summed E-state index contributed by atoms with van der Waals surface area (Å²) in [6.07, 6.45) is 3.03. The molecule has 1 N–H and O–H groups in total. The lowest BCUT2D eigenvalue weighted by atomic mass is 9.79. The first-order chi connectivity index (χ1) is 20.4. The molecule has 2 aromatic carbocycles. The van der Waals surface area contributed by atoms with Crippen molar-refractivity contribution in [1.29, 1.82) is 0 Å². The van der Waals surface area contributed by atoms with Crippen molar-refractivity contribution < 1.29 is 14.6 Å². The molecule has 0 radical (unpaired) electrons. The Morgan fingerprint density at radius 1 is 1.00 bits per heavy atom. The quantitative estimate of drug-likeness (QED) is 0.365. The summed E-state index contributed by atoms with van der Waals surface area (Å²) in [6.45, 7) is 3.55. The third-order valence-corrected chi connectivity index (χ3v) is 8.82. The first kappa shape index (κ1) is 28.1. The van der Waals surface area contributed by atoms with Gasteiger partial charge in [-0.15, -0.1) is 0 Å². The highest BCUT2D eigenvalue weighted by Crippen LogP contribution is 2.36. The molecular weight excluding hydrogens is 530 g/mol. The van der Waals surface area contributed by atoms with Crippen molar-refractivity contribution in [3.05, 3.63) is 101 Å². The molecule has 4 aromatic rings. The fourth-order valence-corrected chi connectivity index (χ4v) is 6.43. The zero-order valence-electron chi connectivity index (χ0n) is 23.9. The van der Waals surface area contributed by atoms with Crippen molar-refractivity contribution >= 4 is 16.9 Å². The highest BCUT2D eigenvalue weighted by atomic mass is 16.5. The van der Waals surface area contributed by atoms with Gasteiger partial charge in [0, 0.05) is 44.1 Å². The standard InChI is InChI=1S/C33H37N5O4/c1-42-29-13-12-28-30(35-29)32(40)38(23-34-28)22-33(41)15-18-37(19-16-33)31(39)26-14-17-36(20-24-8-4-2-5-9-24)21-27(26)25-10-6-3-7-11-25/h2-13,23,26-27,41H,14-22H2,1H3/t26-,27+/m1/s1. The number of hydrogen-bond donors (Lipinski definition) is 1. The minimum absolute atomic E-state index is 0.0974. The van der Waals surface area contributed by atoms with Gasteiger partial charge in [0.2, 0.25) is 11.8 Å². The summed E-state index contributed by atoms with van der Waals surface area (Å²) < 4.78 is 6.58. The number of fused-ring (bicyclic) bond motifs is 1. The van der Waals surface area contributed by atoms with E-state index in [0.29, 0.717) is 37.3 Å². The lowest BCUT2D eigenvalue weighted by Crippen LogP contribution is -2.53. The van der Waals surface area contributed by atoms with Gasteiger partial charge in [0.15, 0.2) is 5.52 Å². The van der Waals surface area contributed by atoms with Crippen LogP contribution in [0.3, 0.4) is 0 Å². The molecule has 6 rings (SSSR count). The highest BCUT2D eigenvalue weighted by Gasteiger charge is 2.40. The second kappa shape index (κ2) is 12.0. The number of aromatic nitrogens is 3. The van der Waals surface area contributed by atoms with Crippen LogP contribution in [0.2, 0.25) is 0 Å². The maximum Gasteiger partial charge on any atom is 0.280 e. The third-order valence-electron chi connectivity index (χ3n) is 8.82. The van der Waals surface area contributed by atoms with E-state index in [1.54, 1.807) is 12.1 Å². The maximum absolute atomic E-state index is 14.0. The number of methoxy groups -OCH3 is 1. The van der Waals surface area contributed by atoms with Gasteiger partial charge in [-0.25, -0.2) is 9.97 Å². The topological polar surface area (TPSA) is 101 Å². The number of carbonyl (C=O) groups excluding carboxylic acids is 1. The molecule has 9 nitrogen and oxygen atoms in total. The van der Waals surface area contributed by atoms with Crippen LogP contribution in [0.1, 0.15) is 36.3 Å². The number of rotatable bonds is 7. The van der Waals surface area contributed by atoms with Crippen LogP contribution in [0.25, 0.3) is 11.0 Å². The zero-order chi connectivity index (χ0) is 29.1. The van der Waals surface area contributed by atoms with Gasteiger partial charge in [-0.2, -0.15) is 0 Å². The van der Waals surface area contributed by atoms with E-state index in [2.05, 4.69) is 51.3 Å². The summed E-state index contributed by atoms with van der Waals surface area (Å²) in [5.41, 5.74) is 1.72. The molecule has 218 valence electrons. The monoisotopic (exact) mass is 567 g/mol. The van der Waals surface area contributed by atoms with Crippen molar-refractivity contribution in [2.24, 2.45) is 5.92 Å². The van der Waals surface area contributed by atoms with Gasteiger partial charge >= 0.3 is 0 Å². The first-order valence-electron chi connectivity index (χ1n) is 14.6. The second-order valence-electron chi connectivity index (χ2n) is 11.6. The number of aliphatic hydroxyl groups is 1. The van der Waals surface area contributed by atoms with Gasteiger partial charge in [0.1, 0.15) is 0 Å². The van der Waals surface area contributed by atoms with Crippen molar-refractivity contribution in [2.75, 3.05) is 33.3 Å². The van der Waals surface area contributed by atoms with Crippen molar-refractivity contribution in [3.8, 4) is 5.88 Å². The van der Waals surface area contributed by atoms with Gasteiger partial charge in [-0.3, -0.25) is 19.1 Å². The fourth-order valence-electron chi connectivity index (χ4n) is 6.43. The molecule has 2 fully saturated rings. The number of pyridine rings is 1. The summed E-state index contributed by atoms with van der Waals surface area (Å²) in [5.74, 6) is 0.484. The van der Waals surface area contributed by atoms with Crippen LogP contribution in [0.5, 0.6) is 5.88 Å². The maximum atomic E-state index is 14.0. The largest absolute Gasteiger partial charge is 0.481 e. The van der Waals surface area contributed by atoms with E-state index < -0.39 is 5.60 Å². The van der Waals surface area contributed by atoms with Gasteiger partial charge in [-0.1, -0.05) is 60.7 Å². The molecule has 42 heavy (non-hydrogen) atoms. The Kier molecular flexibility index (Phi) is 8.04. The summed E-state index contributed by atoms with van der Waals surface area (Å²) >= 11 is 0. The van der Waals surface area contributed by atoms with Crippen molar-refractivity contribution in [2.45, 2.75) is 43.9 Å². The van der Waals surface area contributed by atoms with E-state index in [9.17, 15) is 14.7 Å². The lowest BCUT2D eigenvalue weighted by molar-refractivity contribution is -0.142. The Bertz CT molecular complexity index is 1580. The number of likely N-dealkylation sites (tertiary alicyclic amines) is 2. The molecule has 0 bridgehead atoms. The normalized spacial score (nSPS) is 20.9. The van der Waals surface area contributed by atoms with E-state index in [1.165, 1.54) is 29.1 Å². The average Bonchev–Trinajstić information content (AvgIpc) is 3.03. The smallest absolute Gasteiger partial charge is 0.280 e. The van der Waals surface area contributed by atoms with Gasteiger partial charge in [0.05, 0.1) is 31.1 Å². The molecule has 2 aliphatic rings. The predicted octanol–water partition coefficient (Wildman–Crippen LogP) is 3.46. The number of piperidine rings is 2. The first-order valence-corrected chi connectivity index (χ1v) is 14.6. The van der Waals surface area contributed by atoms with Crippen molar-refractivity contribution in [1.82, 2.24) is 24.3 Å². The van der Waals surface area contributed by atoms with Crippen LogP contribution in [0.15, 0.2) is 83.9 Å². The van der Waals surface area contributed by atoms with Crippen LogP contribution >= 0.6 is 0 Å². The van der Waals surface area contributed by atoms with E-state index in [0.717, 1.165) is 26.1 Å². The van der Waals surface area contributed by atoms with E-state index >= 15 is 0 Å². The van der Waals surface area contributed by atoms with Gasteiger partial charge < -0.3 is 14.7 Å². The Balaban J connectivity index is 1.14. The van der Waals surface area contributed by atoms with Crippen LogP contribution in [-0.4, -0.2) is 74.2 Å². The molecule has 2 saturated heterocycles. The molecular formula is C33H37N5O4. The molecule has 0 unspecified atom stereocenters. The number of ether oxygens (including phenoxy) is 1. The summed E-state index contributed by atoms with van der Waals surface area (Å²) in [5, 5.41) is 11.5. The Labute approximate surface area is 245 Å². The number of carbonyl (C=O) groups is 1. The Morgan fingerprint density at radius 3 is 2.43 bits per heavy atom. The van der Waals surface area contributed by atoms with E-state index in [4.69, 9.17) is 4.74 Å². The summed E-state index contributed by atoms with van der Waals surface area (Å²) in [6, 6.07) is 24.2. The lowest BCUT2D eigenvalue weighted by Gasteiger charge is -2.43. The van der Waals surface area contributed by atoms with Gasteiger partial charge in [0.25, 0.3) is 5.56 Å². The minimum atomic E-state index is -1.12. The molecule has 1 amide bonds. The van der Waals surface area contributed by atoms with E-state index in [1.807, 2.05) is 29.2 Å². The number of benzene rings is 2. The molecule has 9 heteroatoms. The Morgan fingerprint density at radius 2 is 1.71 bits per heavy atom. The number of nitrogens with zero attached hydrogens (tertiary/aromatic N) is 5. The molecule has 0 aliphatic carbocycles. The molecule has 2 atom stereocenters. The van der Waals surface area contributed by atoms with E-state index in [-0.39, 0.29) is 35.4 Å². The molecule has 2 aromatic heterocycles. The van der Waals surface area contributed by atoms with Crippen LogP contribution in [0.4, 0.5) is 0 Å². The molecule has 2 aliphatic heterocycles. The highest BCUT2D eigenvalue weighted by molar-refractivity contribution is 5.80. The second-order valence-corrected chi connectivity index (χ2v) is 11.6. The molecule has 0 spiro atoms. The summed E-state index contributed by atoms with van der Waals surface area (Å²) in [4.78, 5) is 40.1. The van der Waals surface area contributed by atoms with Crippen molar-refractivity contribution in [3.63, 3.8) is 0 Å².